The van der Waals surface area contributed by atoms with Crippen LogP contribution in [0.4, 0.5) is 0 Å². The first kappa shape index (κ1) is 13.4. The molecule has 2 heterocycles. The van der Waals surface area contributed by atoms with Crippen molar-refractivity contribution >= 4 is 11.3 Å². The van der Waals surface area contributed by atoms with Gasteiger partial charge in [0.15, 0.2) is 0 Å². The van der Waals surface area contributed by atoms with Crippen molar-refractivity contribution in [2.75, 3.05) is 0 Å². The summed E-state index contributed by atoms with van der Waals surface area (Å²) in [6.45, 7) is 8.79. The molecule has 0 amide bonds. The summed E-state index contributed by atoms with van der Waals surface area (Å²) in [5.41, 5.74) is 1.42. The van der Waals surface area contributed by atoms with Gasteiger partial charge in [0.05, 0.1) is 6.26 Å². The van der Waals surface area contributed by atoms with Crippen LogP contribution in [-0.4, -0.2) is 6.04 Å². The fourth-order valence-corrected chi connectivity index (χ4v) is 3.41. The molecule has 0 bridgehead atoms. The Morgan fingerprint density at radius 1 is 1.33 bits per heavy atom. The molecule has 2 unspecified atom stereocenters. The maximum atomic E-state index is 5.38. The van der Waals surface area contributed by atoms with Crippen LogP contribution in [0.2, 0.25) is 0 Å². The molecule has 0 saturated carbocycles. The van der Waals surface area contributed by atoms with Crippen molar-refractivity contribution in [3.8, 4) is 0 Å². The third kappa shape index (κ3) is 3.24. The summed E-state index contributed by atoms with van der Waals surface area (Å²) in [5, 5.41) is 3.64. The molecule has 2 rings (SSSR count). The van der Waals surface area contributed by atoms with Gasteiger partial charge in [-0.2, -0.15) is 0 Å². The van der Waals surface area contributed by atoms with Gasteiger partial charge in [0, 0.05) is 28.3 Å². The molecule has 1 N–H and O–H groups in total. The Balaban J connectivity index is 1.94. The standard InChI is InChI=1S/C15H21NOS/c1-10(8-14-6-5-7-17-14)16-12(3)15-9-11(2)18-13(15)4/h5-7,9-10,12,16H,8H2,1-4H3. The van der Waals surface area contributed by atoms with E-state index in [2.05, 4.69) is 39.1 Å². The van der Waals surface area contributed by atoms with E-state index in [-0.39, 0.29) is 0 Å². The Morgan fingerprint density at radius 2 is 2.11 bits per heavy atom. The van der Waals surface area contributed by atoms with Gasteiger partial charge in [-0.3, -0.25) is 0 Å². The summed E-state index contributed by atoms with van der Waals surface area (Å²) in [6.07, 6.45) is 2.66. The topological polar surface area (TPSA) is 25.2 Å². The van der Waals surface area contributed by atoms with E-state index >= 15 is 0 Å². The largest absolute Gasteiger partial charge is 0.469 e. The highest BCUT2D eigenvalue weighted by Crippen LogP contribution is 2.26. The first-order chi connectivity index (χ1) is 8.56. The van der Waals surface area contributed by atoms with Crippen molar-refractivity contribution in [2.45, 2.75) is 46.2 Å². The van der Waals surface area contributed by atoms with Crippen LogP contribution in [0.5, 0.6) is 0 Å². The van der Waals surface area contributed by atoms with E-state index in [9.17, 15) is 0 Å². The summed E-state index contributed by atoms with van der Waals surface area (Å²) in [5.74, 6) is 1.04. The Hall–Kier alpha value is -1.06. The summed E-state index contributed by atoms with van der Waals surface area (Å²) in [4.78, 5) is 2.80. The van der Waals surface area contributed by atoms with E-state index in [1.165, 1.54) is 15.3 Å². The number of nitrogens with one attached hydrogen (secondary N) is 1. The lowest BCUT2D eigenvalue weighted by molar-refractivity contribution is 0.429. The minimum Gasteiger partial charge on any atom is -0.469 e. The van der Waals surface area contributed by atoms with Crippen LogP contribution in [0, 0.1) is 13.8 Å². The second-order valence-corrected chi connectivity index (χ2v) is 6.40. The predicted molar refractivity (Wildman–Crippen MR) is 77.2 cm³/mol. The van der Waals surface area contributed by atoms with Crippen molar-refractivity contribution in [1.82, 2.24) is 5.32 Å². The molecular weight excluding hydrogens is 242 g/mol. The van der Waals surface area contributed by atoms with Crippen LogP contribution in [0.15, 0.2) is 28.9 Å². The minimum absolute atomic E-state index is 0.389. The molecule has 18 heavy (non-hydrogen) atoms. The van der Waals surface area contributed by atoms with Gasteiger partial charge < -0.3 is 9.73 Å². The molecule has 0 aliphatic rings. The summed E-state index contributed by atoms with van der Waals surface area (Å²) in [7, 11) is 0. The molecular formula is C15H21NOS. The second-order valence-electron chi connectivity index (χ2n) is 4.94. The van der Waals surface area contributed by atoms with Gasteiger partial charge >= 0.3 is 0 Å². The van der Waals surface area contributed by atoms with Crippen LogP contribution in [-0.2, 0) is 6.42 Å². The van der Waals surface area contributed by atoms with Gasteiger partial charge in [0.25, 0.3) is 0 Å². The highest BCUT2D eigenvalue weighted by molar-refractivity contribution is 7.12. The van der Waals surface area contributed by atoms with Gasteiger partial charge in [-0.1, -0.05) is 0 Å². The lowest BCUT2D eigenvalue weighted by atomic mass is 10.1. The molecule has 2 aromatic heterocycles. The molecule has 0 saturated heterocycles. The minimum atomic E-state index is 0.389. The van der Waals surface area contributed by atoms with Crippen LogP contribution in [0.25, 0.3) is 0 Å². The Kier molecular flexibility index (Phi) is 4.25. The number of hydrogen-bond acceptors (Lipinski definition) is 3. The molecule has 0 radical (unpaired) electrons. The molecule has 0 aromatic carbocycles. The summed E-state index contributed by atoms with van der Waals surface area (Å²) >= 11 is 1.87. The number of furan rings is 1. The third-order valence-electron chi connectivity index (χ3n) is 3.17. The SMILES string of the molecule is Cc1cc(C(C)NC(C)Cc2ccco2)c(C)s1. The van der Waals surface area contributed by atoms with Gasteiger partial charge in [0.2, 0.25) is 0 Å². The number of thiophene rings is 1. The summed E-state index contributed by atoms with van der Waals surface area (Å²) < 4.78 is 5.38. The van der Waals surface area contributed by atoms with E-state index in [4.69, 9.17) is 4.42 Å². The van der Waals surface area contributed by atoms with Crippen LogP contribution >= 0.6 is 11.3 Å². The highest BCUT2D eigenvalue weighted by Gasteiger charge is 2.14. The van der Waals surface area contributed by atoms with E-state index in [0.29, 0.717) is 12.1 Å². The molecule has 0 fully saturated rings. The maximum absolute atomic E-state index is 5.38. The predicted octanol–water partition coefficient (Wildman–Crippen LogP) is 4.24. The quantitative estimate of drug-likeness (QED) is 0.873. The van der Waals surface area contributed by atoms with Gasteiger partial charge in [-0.15, -0.1) is 11.3 Å². The molecule has 2 nitrogen and oxygen atoms in total. The molecule has 2 aromatic rings. The fourth-order valence-electron chi connectivity index (χ4n) is 2.39. The zero-order valence-corrected chi connectivity index (χ0v) is 12.3. The van der Waals surface area contributed by atoms with Gasteiger partial charge in [0.1, 0.15) is 5.76 Å². The Labute approximate surface area is 113 Å². The highest BCUT2D eigenvalue weighted by atomic mass is 32.1. The molecule has 98 valence electrons. The Morgan fingerprint density at radius 3 is 2.67 bits per heavy atom. The average molecular weight is 263 g/mol. The number of hydrogen-bond donors (Lipinski definition) is 1. The van der Waals surface area contributed by atoms with Crippen molar-refractivity contribution in [3.05, 3.63) is 45.5 Å². The average Bonchev–Trinajstić information content (AvgIpc) is 2.88. The van der Waals surface area contributed by atoms with Gasteiger partial charge in [-0.05, 0) is 51.5 Å². The smallest absolute Gasteiger partial charge is 0.105 e. The first-order valence-electron chi connectivity index (χ1n) is 6.41. The first-order valence-corrected chi connectivity index (χ1v) is 7.23. The maximum Gasteiger partial charge on any atom is 0.105 e. The lowest BCUT2D eigenvalue weighted by Gasteiger charge is -2.19. The number of aryl methyl sites for hydroxylation is 2. The van der Waals surface area contributed by atoms with Crippen molar-refractivity contribution in [2.24, 2.45) is 0 Å². The zero-order chi connectivity index (χ0) is 13.1. The van der Waals surface area contributed by atoms with E-state index in [0.717, 1.165) is 12.2 Å². The second kappa shape index (κ2) is 5.72. The fraction of sp³-hybridized carbons (Fsp3) is 0.467. The summed E-state index contributed by atoms with van der Waals surface area (Å²) in [6, 6.07) is 7.06. The van der Waals surface area contributed by atoms with Crippen molar-refractivity contribution in [3.63, 3.8) is 0 Å². The zero-order valence-electron chi connectivity index (χ0n) is 11.5. The normalized spacial score (nSPS) is 14.7. The molecule has 2 atom stereocenters. The van der Waals surface area contributed by atoms with Gasteiger partial charge in [-0.25, -0.2) is 0 Å². The van der Waals surface area contributed by atoms with E-state index < -0.39 is 0 Å². The van der Waals surface area contributed by atoms with Crippen LogP contribution in [0.1, 0.15) is 41.0 Å². The lowest BCUT2D eigenvalue weighted by Crippen LogP contribution is -2.30. The molecule has 0 aliphatic carbocycles. The van der Waals surface area contributed by atoms with Crippen LogP contribution < -0.4 is 5.32 Å². The monoisotopic (exact) mass is 263 g/mol. The van der Waals surface area contributed by atoms with Crippen LogP contribution in [0.3, 0.4) is 0 Å². The van der Waals surface area contributed by atoms with Crippen molar-refractivity contribution < 1.29 is 4.42 Å². The van der Waals surface area contributed by atoms with Crippen molar-refractivity contribution in [1.29, 1.82) is 0 Å². The third-order valence-corrected chi connectivity index (χ3v) is 4.15. The van der Waals surface area contributed by atoms with E-state index in [1.807, 2.05) is 23.5 Å². The molecule has 3 heteroatoms. The van der Waals surface area contributed by atoms with E-state index in [1.54, 1.807) is 6.26 Å². The molecule has 0 aliphatic heterocycles. The molecule has 0 spiro atoms. The Bertz CT molecular complexity index is 487. The number of rotatable bonds is 5.